The summed E-state index contributed by atoms with van der Waals surface area (Å²) in [6.45, 7) is 0. The van der Waals surface area contributed by atoms with Gasteiger partial charge in [0.1, 0.15) is 0 Å². The molecule has 0 saturated heterocycles. The lowest BCUT2D eigenvalue weighted by atomic mass is 10.1. The monoisotopic (exact) mass is 219 g/mol. The van der Waals surface area contributed by atoms with E-state index in [4.69, 9.17) is 5.11 Å². The van der Waals surface area contributed by atoms with E-state index in [-0.39, 0.29) is 23.1 Å². The van der Waals surface area contributed by atoms with Gasteiger partial charge in [-0.3, -0.25) is 14.9 Å². The molecule has 0 aliphatic carbocycles. The molecule has 0 heterocycles. The average molecular weight is 219 g/mol. The van der Waals surface area contributed by atoms with Crippen molar-refractivity contribution < 1.29 is 19.6 Å². The molecule has 1 N–H and O–H groups in total. The van der Waals surface area contributed by atoms with Gasteiger partial charge in [0.2, 0.25) is 0 Å². The minimum Gasteiger partial charge on any atom is -0.478 e. The standard InChI is InChI=1S/C10H5NO5/c12-5-1-2-7-6-8(11(15)16)3-4-9(7)10(13)14/h3-6H,(H,13,14). The Bertz CT molecular complexity index is 524. The fourth-order valence-electron chi connectivity index (χ4n) is 1.04. The molecule has 0 amide bonds. The molecule has 0 bridgehead atoms. The second kappa shape index (κ2) is 4.70. The second-order valence-electron chi connectivity index (χ2n) is 2.68. The maximum atomic E-state index is 10.7. The first-order valence-electron chi connectivity index (χ1n) is 4.03. The highest BCUT2D eigenvalue weighted by Gasteiger charge is 2.13. The highest BCUT2D eigenvalue weighted by atomic mass is 16.6. The number of carboxylic acids is 1. The highest BCUT2D eigenvalue weighted by Crippen LogP contribution is 2.17. The third kappa shape index (κ3) is 2.42. The van der Waals surface area contributed by atoms with Crippen LogP contribution in [0, 0.1) is 22.0 Å². The summed E-state index contributed by atoms with van der Waals surface area (Å²) in [5, 5.41) is 19.2. The van der Waals surface area contributed by atoms with E-state index < -0.39 is 10.9 Å². The van der Waals surface area contributed by atoms with E-state index in [1.807, 2.05) is 5.92 Å². The van der Waals surface area contributed by atoms with Crippen molar-refractivity contribution in [2.24, 2.45) is 0 Å². The number of aromatic carboxylic acids is 1. The molecule has 0 aliphatic rings. The van der Waals surface area contributed by atoms with Crippen molar-refractivity contribution in [2.75, 3.05) is 0 Å². The van der Waals surface area contributed by atoms with Crippen molar-refractivity contribution in [3.05, 3.63) is 39.4 Å². The van der Waals surface area contributed by atoms with Crippen LogP contribution in [0.4, 0.5) is 5.69 Å². The molecule has 80 valence electrons. The predicted octanol–water partition coefficient (Wildman–Crippen LogP) is 0.843. The number of nitro benzene ring substituents is 1. The summed E-state index contributed by atoms with van der Waals surface area (Å²) in [5.74, 6) is 2.99. The molecule has 1 aromatic carbocycles. The number of rotatable bonds is 2. The number of non-ortho nitro benzene ring substituents is 1. The van der Waals surface area contributed by atoms with Gasteiger partial charge in [0.15, 0.2) is 6.29 Å². The first-order valence-corrected chi connectivity index (χ1v) is 4.03. The Hall–Kier alpha value is -2.68. The molecule has 0 spiro atoms. The molecular weight excluding hydrogens is 214 g/mol. The summed E-state index contributed by atoms with van der Waals surface area (Å²) in [7, 11) is 0. The van der Waals surface area contributed by atoms with Gasteiger partial charge < -0.3 is 5.11 Å². The van der Waals surface area contributed by atoms with Crippen molar-refractivity contribution in [1.82, 2.24) is 0 Å². The van der Waals surface area contributed by atoms with Crippen molar-refractivity contribution in [1.29, 1.82) is 0 Å². The minimum absolute atomic E-state index is 0.0613. The summed E-state index contributed by atoms with van der Waals surface area (Å²) in [6, 6.07) is 3.16. The van der Waals surface area contributed by atoms with E-state index >= 15 is 0 Å². The number of hydrogen-bond acceptors (Lipinski definition) is 4. The Morgan fingerprint density at radius 3 is 2.69 bits per heavy atom. The second-order valence-corrected chi connectivity index (χ2v) is 2.68. The lowest BCUT2D eigenvalue weighted by Crippen LogP contribution is -2.01. The zero-order chi connectivity index (χ0) is 12.1. The van der Waals surface area contributed by atoms with Gasteiger partial charge in [-0.2, -0.15) is 0 Å². The summed E-state index contributed by atoms with van der Waals surface area (Å²) in [4.78, 5) is 30.5. The number of nitro groups is 1. The largest absolute Gasteiger partial charge is 0.478 e. The van der Waals surface area contributed by atoms with Gasteiger partial charge >= 0.3 is 5.97 Å². The third-order valence-electron chi connectivity index (χ3n) is 1.71. The van der Waals surface area contributed by atoms with Crippen molar-refractivity contribution in [2.45, 2.75) is 0 Å². The molecule has 0 fully saturated rings. The number of carbonyl (C=O) groups is 2. The van der Waals surface area contributed by atoms with Gasteiger partial charge in [-0.1, -0.05) is 5.92 Å². The molecule has 0 aliphatic heterocycles. The maximum Gasteiger partial charge on any atom is 0.336 e. The van der Waals surface area contributed by atoms with E-state index in [0.29, 0.717) is 0 Å². The molecule has 6 nitrogen and oxygen atoms in total. The molecule has 0 aromatic heterocycles. The Kier molecular flexibility index (Phi) is 3.35. The summed E-state index contributed by atoms with van der Waals surface area (Å²) < 4.78 is 0. The molecule has 0 saturated carbocycles. The number of aldehydes is 1. The highest BCUT2D eigenvalue weighted by molar-refractivity contribution is 5.91. The van der Waals surface area contributed by atoms with Crippen LogP contribution in [0.2, 0.25) is 0 Å². The van der Waals surface area contributed by atoms with Gasteiger partial charge in [-0.15, -0.1) is 0 Å². The van der Waals surface area contributed by atoms with E-state index in [0.717, 1.165) is 18.2 Å². The first-order chi connectivity index (χ1) is 7.56. The van der Waals surface area contributed by atoms with Gasteiger partial charge in [0, 0.05) is 17.7 Å². The lowest BCUT2D eigenvalue weighted by molar-refractivity contribution is -0.384. The molecule has 16 heavy (non-hydrogen) atoms. The summed E-state index contributed by atoms with van der Waals surface area (Å²) >= 11 is 0. The van der Waals surface area contributed by atoms with Crippen LogP contribution in [0.1, 0.15) is 15.9 Å². The van der Waals surface area contributed by atoms with Gasteiger partial charge in [0.05, 0.1) is 10.5 Å². The van der Waals surface area contributed by atoms with Crippen LogP contribution in [0.15, 0.2) is 18.2 Å². The topological polar surface area (TPSA) is 97.5 Å². The number of carbonyl (C=O) groups excluding carboxylic acids is 1. The lowest BCUT2D eigenvalue weighted by Gasteiger charge is -1.98. The normalized spacial score (nSPS) is 8.75. The molecular formula is C10H5NO5. The fraction of sp³-hybridized carbons (Fsp3) is 0. The smallest absolute Gasteiger partial charge is 0.336 e. The minimum atomic E-state index is -1.26. The van der Waals surface area contributed by atoms with Crippen LogP contribution in [-0.4, -0.2) is 22.3 Å². The van der Waals surface area contributed by atoms with Crippen molar-refractivity contribution in [3.63, 3.8) is 0 Å². The van der Waals surface area contributed by atoms with E-state index in [1.165, 1.54) is 0 Å². The van der Waals surface area contributed by atoms with Crippen molar-refractivity contribution >= 4 is 17.9 Å². The number of hydrogen-bond donors (Lipinski definition) is 1. The quantitative estimate of drug-likeness (QED) is 0.344. The average Bonchev–Trinajstić information content (AvgIpc) is 2.25. The molecule has 6 heteroatoms. The Morgan fingerprint density at radius 2 is 2.19 bits per heavy atom. The summed E-state index contributed by atoms with van der Waals surface area (Å²) in [5.41, 5.74) is -0.519. The molecule has 0 atom stereocenters. The van der Waals surface area contributed by atoms with Crippen LogP contribution < -0.4 is 0 Å². The maximum absolute atomic E-state index is 10.7. The zero-order valence-electron chi connectivity index (χ0n) is 7.84. The zero-order valence-corrected chi connectivity index (χ0v) is 7.84. The molecule has 0 radical (unpaired) electrons. The molecule has 1 aromatic rings. The van der Waals surface area contributed by atoms with Crippen LogP contribution in [0.25, 0.3) is 0 Å². The van der Waals surface area contributed by atoms with E-state index in [9.17, 15) is 19.7 Å². The Balaban J connectivity index is 3.37. The Labute approximate surface area is 89.7 Å². The van der Waals surface area contributed by atoms with Gasteiger partial charge in [-0.05, 0) is 12.0 Å². The van der Waals surface area contributed by atoms with Gasteiger partial charge in [-0.25, -0.2) is 4.79 Å². The van der Waals surface area contributed by atoms with Crippen molar-refractivity contribution in [3.8, 4) is 11.8 Å². The first kappa shape index (κ1) is 11.4. The SMILES string of the molecule is O=CC#Cc1cc([N+](=O)[O-])ccc1C(=O)O. The van der Waals surface area contributed by atoms with E-state index in [2.05, 4.69) is 5.92 Å². The third-order valence-corrected chi connectivity index (χ3v) is 1.71. The molecule has 1 rings (SSSR count). The Morgan fingerprint density at radius 1 is 1.50 bits per heavy atom. The van der Waals surface area contributed by atoms with Crippen LogP contribution in [0.3, 0.4) is 0 Å². The number of nitrogens with zero attached hydrogens (tertiary/aromatic N) is 1. The fourth-order valence-corrected chi connectivity index (χ4v) is 1.04. The van der Waals surface area contributed by atoms with E-state index in [1.54, 1.807) is 0 Å². The molecule has 0 unspecified atom stereocenters. The summed E-state index contributed by atoms with van der Waals surface area (Å²) in [6.07, 6.45) is 0.282. The van der Waals surface area contributed by atoms with Gasteiger partial charge in [0.25, 0.3) is 5.69 Å². The number of benzene rings is 1. The van der Waals surface area contributed by atoms with Crippen LogP contribution in [-0.2, 0) is 4.79 Å². The van der Waals surface area contributed by atoms with Crippen LogP contribution in [0.5, 0.6) is 0 Å². The predicted molar refractivity (Wildman–Crippen MR) is 53.0 cm³/mol. The number of carboxylic acid groups (broad SMARTS) is 1. The van der Waals surface area contributed by atoms with Crippen LogP contribution >= 0.6 is 0 Å².